The molecule has 3 rings (SSSR count). The van der Waals surface area contributed by atoms with E-state index in [0.717, 1.165) is 43.8 Å². The van der Waals surface area contributed by atoms with Crippen molar-refractivity contribution in [1.29, 1.82) is 0 Å². The highest BCUT2D eigenvalue weighted by atomic mass is 16.5. The van der Waals surface area contributed by atoms with Gasteiger partial charge in [-0.3, -0.25) is 4.79 Å². The number of ketones is 1. The molecule has 0 amide bonds. The predicted octanol–water partition coefficient (Wildman–Crippen LogP) is 3.59. The van der Waals surface area contributed by atoms with Crippen molar-refractivity contribution in [3.8, 4) is 0 Å². The largest absolute Gasteiger partial charge is 0.339 e. The van der Waals surface area contributed by atoms with E-state index < -0.39 is 0 Å². The zero-order valence-corrected chi connectivity index (χ0v) is 11.6. The molecule has 3 atom stereocenters. The second-order valence-electron chi connectivity index (χ2n) is 6.22. The molecule has 104 valence electrons. The minimum atomic E-state index is -0.129. The normalized spacial score (nSPS) is 32.5. The first kappa shape index (κ1) is 12.8. The van der Waals surface area contributed by atoms with E-state index in [1.165, 1.54) is 12.8 Å². The molecule has 0 aromatic carbocycles. The van der Waals surface area contributed by atoms with E-state index in [2.05, 4.69) is 17.1 Å². The molecule has 2 aliphatic carbocycles. The van der Waals surface area contributed by atoms with Crippen molar-refractivity contribution >= 4 is 5.78 Å². The lowest BCUT2D eigenvalue weighted by molar-refractivity contribution is -0.122. The summed E-state index contributed by atoms with van der Waals surface area (Å²) in [5, 5.41) is 4.15. The summed E-state index contributed by atoms with van der Waals surface area (Å²) in [6.07, 6.45) is 8.51. The number of aromatic nitrogens is 2. The van der Waals surface area contributed by atoms with Crippen molar-refractivity contribution in [2.75, 3.05) is 0 Å². The lowest BCUT2D eigenvalue weighted by atomic mass is 9.82. The molecule has 1 heterocycles. The third-order valence-electron chi connectivity index (χ3n) is 4.61. The first-order chi connectivity index (χ1) is 9.24. The second-order valence-corrected chi connectivity index (χ2v) is 6.22. The van der Waals surface area contributed by atoms with Crippen LogP contribution in [-0.2, 0) is 4.79 Å². The highest BCUT2D eigenvalue weighted by Crippen LogP contribution is 2.36. The van der Waals surface area contributed by atoms with Gasteiger partial charge in [-0.25, -0.2) is 0 Å². The molecule has 0 bridgehead atoms. The van der Waals surface area contributed by atoms with E-state index in [9.17, 15) is 4.79 Å². The van der Waals surface area contributed by atoms with Crippen LogP contribution >= 0.6 is 0 Å². The number of hydrogen-bond donors (Lipinski definition) is 0. The van der Waals surface area contributed by atoms with E-state index in [1.807, 2.05) is 0 Å². The zero-order chi connectivity index (χ0) is 13.2. The van der Waals surface area contributed by atoms with Gasteiger partial charge in [0.1, 0.15) is 5.78 Å². The second kappa shape index (κ2) is 5.43. The average Bonchev–Trinajstić information content (AvgIpc) is 2.89. The molecule has 4 heteroatoms. The Hall–Kier alpha value is -1.19. The van der Waals surface area contributed by atoms with Gasteiger partial charge >= 0.3 is 0 Å². The van der Waals surface area contributed by atoms with Crippen molar-refractivity contribution in [2.24, 2.45) is 5.92 Å². The molecule has 0 aliphatic heterocycles. The van der Waals surface area contributed by atoms with Crippen LogP contribution in [0.1, 0.15) is 81.8 Å². The summed E-state index contributed by atoms with van der Waals surface area (Å²) < 4.78 is 5.38. The van der Waals surface area contributed by atoms with Crippen molar-refractivity contribution < 1.29 is 9.32 Å². The van der Waals surface area contributed by atoms with E-state index in [0.29, 0.717) is 18.2 Å². The fraction of sp³-hybridized carbons (Fsp3) is 0.800. The monoisotopic (exact) mass is 262 g/mol. The highest BCUT2D eigenvalue weighted by molar-refractivity contribution is 5.85. The summed E-state index contributed by atoms with van der Waals surface area (Å²) in [5.41, 5.74) is 0. The Kier molecular flexibility index (Phi) is 3.67. The number of nitrogens with zero attached hydrogens (tertiary/aromatic N) is 2. The molecule has 0 radical (unpaired) electrons. The van der Waals surface area contributed by atoms with Crippen LogP contribution in [0.15, 0.2) is 4.52 Å². The Morgan fingerprint density at radius 1 is 1.16 bits per heavy atom. The van der Waals surface area contributed by atoms with Crippen LogP contribution < -0.4 is 0 Å². The molecule has 1 aromatic rings. The van der Waals surface area contributed by atoms with E-state index >= 15 is 0 Å². The average molecular weight is 262 g/mol. The number of rotatable bonds is 2. The molecule has 0 N–H and O–H groups in total. The Morgan fingerprint density at radius 3 is 2.84 bits per heavy atom. The number of Topliss-reactive ketones (excluding diaryl/α,β-unsaturated/α-hetero) is 1. The third kappa shape index (κ3) is 2.72. The van der Waals surface area contributed by atoms with E-state index in [4.69, 9.17) is 4.52 Å². The van der Waals surface area contributed by atoms with Gasteiger partial charge in [0.05, 0.1) is 5.92 Å². The van der Waals surface area contributed by atoms with Crippen LogP contribution in [0, 0.1) is 5.92 Å². The van der Waals surface area contributed by atoms with Crippen LogP contribution in [0.2, 0.25) is 0 Å². The van der Waals surface area contributed by atoms with E-state index in [1.54, 1.807) is 0 Å². The Bertz CT molecular complexity index is 455. The Labute approximate surface area is 114 Å². The third-order valence-corrected chi connectivity index (χ3v) is 4.61. The lowest BCUT2D eigenvalue weighted by Crippen LogP contribution is -2.17. The quantitative estimate of drug-likeness (QED) is 0.817. The molecule has 2 saturated carbocycles. The molecular formula is C15H22N2O2. The molecule has 0 spiro atoms. The molecule has 4 nitrogen and oxygen atoms in total. The molecule has 1 aromatic heterocycles. The van der Waals surface area contributed by atoms with Gasteiger partial charge in [0, 0.05) is 12.3 Å². The summed E-state index contributed by atoms with van der Waals surface area (Å²) >= 11 is 0. The summed E-state index contributed by atoms with van der Waals surface area (Å²) in [7, 11) is 0. The number of hydrogen-bond acceptors (Lipinski definition) is 4. The lowest BCUT2D eigenvalue weighted by Gasteiger charge is -2.24. The summed E-state index contributed by atoms with van der Waals surface area (Å²) in [6.45, 7) is 2.29. The molecule has 3 unspecified atom stereocenters. The van der Waals surface area contributed by atoms with Gasteiger partial charge in [-0.15, -0.1) is 0 Å². The Morgan fingerprint density at radius 2 is 2.05 bits per heavy atom. The maximum atomic E-state index is 11.9. The maximum Gasteiger partial charge on any atom is 0.237 e. The van der Waals surface area contributed by atoms with Crippen LogP contribution in [0.25, 0.3) is 0 Å². The molecular weight excluding hydrogens is 240 g/mol. The predicted molar refractivity (Wildman–Crippen MR) is 70.9 cm³/mol. The van der Waals surface area contributed by atoms with Crippen molar-refractivity contribution in [1.82, 2.24) is 10.1 Å². The van der Waals surface area contributed by atoms with Crippen LogP contribution in [0.4, 0.5) is 0 Å². The van der Waals surface area contributed by atoms with Crippen LogP contribution in [-0.4, -0.2) is 15.9 Å². The fourth-order valence-corrected chi connectivity index (χ4v) is 3.47. The number of carbonyl (C=O) groups excluding carboxylic acids is 1. The minimum Gasteiger partial charge on any atom is -0.339 e. The van der Waals surface area contributed by atoms with Gasteiger partial charge in [-0.2, -0.15) is 4.98 Å². The standard InChI is InChI=1S/C15H22N2O2/c1-10-5-4-6-11(9-10)14-16-15(19-17-14)12-7-2-3-8-13(12)18/h10-12H,2-9H2,1H3. The van der Waals surface area contributed by atoms with Crippen molar-refractivity contribution in [3.05, 3.63) is 11.7 Å². The van der Waals surface area contributed by atoms with Gasteiger partial charge in [-0.1, -0.05) is 31.3 Å². The highest BCUT2D eigenvalue weighted by Gasteiger charge is 2.31. The van der Waals surface area contributed by atoms with Gasteiger partial charge in [-0.05, 0) is 31.6 Å². The van der Waals surface area contributed by atoms with Gasteiger partial charge in [0.15, 0.2) is 5.82 Å². The zero-order valence-electron chi connectivity index (χ0n) is 11.6. The molecule has 2 fully saturated rings. The van der Waals surface area contributed by atoms with Gasteiger partial charge in [0.25, 0.3) is 0 Å². The van der Waals surface area contributed by atoms with Crippen LogP contribution in [0.3, 0.4) is 0 Å². The first-order valence-electron chi connectivity index (χ1n) is 7.60. The molecule has 0 saturated heterocycles. The summed E-state index contributed by atoms with van der Waals surface area (Å²) in [6, 6.07) is 0. The van der Waals surface area contributed by atoms with Crippen molar-refractivity contribution in [3.63, 3.8) is 0 Å². The van der Waals surface area contributed by atoms with Crippen molar-refractivity contribution in [2.45, 2.75) is 70.1 Å². The van der Waals surface area contributed by atoms with Crippen LogP contribution in [0.5, 0.6) is 0 Å². The Balaban J connectivity index is 1.73. The summed E-state index contributed by atoms with van der Waals surface area (Å²) in [5.74, 6) is 2.73. The van der Waals surface area contributed by atoms with Gasteiger partial charge in [0.2, 0.25) is 5.89 Å². The molecule has 2 aliphatic rings. The minimum absolute atomic E-state index is 0.129. The van der Waals surface area contributed by atoms with E-state index in [-0.39, 0.29) is 11.7 Å². The maximum absolute atomic E-state index is 11.9. The fourth-order valence-electron chi connectivity index (χ4n) is 3.47. The SMILES string of the molecule is CC1CCCC(c2noc(C3CCCCC3=O)n2)C1. The summed E-state index contributed by atoms with van der Waals surface area (Å²) in [4.78, 5) is 16.4. The van der Waals surface area contributed by atoms with Gasteiger partial charge < -0.3 is 4.52 Å². The topological polar surface area (TPSA) is 56.0 Å². The smallest absolute Gasteiger partial charge is 0.237 e. The first-order valence-corrected chi connectivity index (χ1v) is 7.60. The number of carbonyl (C=O) groups is 1. The molecule has 19 heavy (non-hydrogen) atoms.